The number of aromatic nitrogens is 2. The van der Waals surface area contributed by atoms with Crippen molar-refractivity contribution in [3.63, 3.8) is 0 Å². The summed E-state index contributed by atoms with van der Waals surface area (Å²) < 4.78 is 5.83. The molecule has 2 aliphatic rings. The first-order chi connectivity index (χ1) is 10.2. The van der Waals surface area contributed by atoms with Crippen LogP contribution in [-0.2, 0) is 22.5 Å². The Morgan fingerprint density at radius 3 is 2.95 bits per heavy atom. The molecule has 0 unspecified atom stereocenters. The SMILES string of the molecule is CCOC1(C(=O)N2CCc3nc[nH]c(=O)c3C2)CCCC1. The number of amides is 1. The van der Waals surface area contributed by atoms with E-state index < -0.39 is 5.60 Å². The highest BCUT2D eigenvalue weighted by atomic mass is 16.5. The molecule has 1 saturated carbocycles. The van der Waals surface area contributed by atoms with Gasteiger partial charge in [-0.1, -0.05) is 0 Å². The second-order valence-electron chi connectivity index (χ2n) is 5.77. The van der Waals surface area contributed by atoms with Crippen LogP contribution in [-0.4, -0.2) is 39.5 Å². The zero-order valence-electron chi connectivity index (χ0n) is 12.4. The van der Waals surface area contributed by atoms with Crippen LogP contribution in [0.15, 0.2) is 11.1 Å². The summed E-state index contributed by atoms with van der Waals surface area (Å²) in [5.74, 6) is 0.0377. The minimum Gasteiger partial charge on any atom is -0.365 e. The van der Waals surface area contributed by atoms with Gasteiger partial charge in [-0.15, -0.1) is 0 Å². The summed E-state index contributed by atoms with van der Waals surface area (Å²) in [6, 6.07) is 0. The molecule has 3 rings (SSSR count). The highest BCUT2D eigenvalue weighted by molar-refractivity contribution is 5.85. The lowest BCUT2D eigenvalue weighted by Gasteiger charge is -2.36. The number of fused-ring (bicyclic) bond motifs is 1. The van der Waals surface area contributed by atoms with Crippen LogP contribution in [0.1, 0.15) is 43.9 Å². The molecule has 0 radical (unpaired) electrons. The highest BCUT2D eigenvalue weighted by Gasteiger charge is 2.45. The molecule has 0 spiro atoms. The number of hydrogen-bond donors (Lipinski definition) is 1. The first-order valence-corrected chi connectivity index (χ1v) is 7.65. The van der Waals surface area contributed by atoms with Gasteiger partial charge in [0.05, 0.1) is 24.1 Å². The van der Waals surface area contributed by atoms with Crippen LogP contribution in [0.4, 0.5) is 0 Å². The van der Waals surface area contributed by atoms with E-state index in [4.69, 9.17) is 4.74 Å². The molecule has 2 heterocycles. The predicted octanol–water partition coefficient (Wildman–Crippen LogP) is 1.00. The third-order valence-corrected chi connectivity index (χ3v) is 4.51. The van der Waals surface area contributed by atoms with Crippen LogP contribution >= 0.6 is 0 Å². The third-order valence-electron chi connectivity index (χ3n) is 4.51. The summed E-state index contributed by atoms with van der Waals surface area (Å²) in [6.45, 7) is 3.41. The maximum absolute atomic E-state index is 12.9. The number of nitrogens with zero attached hydrogens (tertiary/aromatic N) is 2. The summed E-state index contributed by atoms with van der Waals surface area (Å²) in [4.78, 5) is 33.3. The van der Waals surface area contributed by atoms with Crippen molar-refractivity contribution in [2.24, 2.45) is 0 Å². The Morgan fingerprint density at radius 1 is 1.48 bits per heavy atom. The quantitative estimate of drug-likeness (QED) is 0.901. The van der Waals surface area contributed by atoms with E-state index in [-0.39, 0.29) is 11.5 Å². The normalized spacial score (nSPS) is 20.3. The van der Waals surface area contributed by atoms with Crippen molar-refractivity contribution in [3.05, 3.63) is 27.9 Å². The van der Waals surface area contributed by atoms with E-state index in [1.807, 2.05) is 6.92 Å². The first kappa shape index (κ1) is 14.3. The molecule has 6 heteroatoms. The average molecular weight is 291 g/mol. The Hall–Kier alpha value is -1.69. The van der Waals surface area contributed by atoms with Gasteiger partial charge in [-0.2, -0.15) is 0 Å². The van der Waals surface area contributed by atoms with Crippen molar-refractivity contribution in [2.75, 3.05) is 13.2 Å². The summed E-state index contributed by atoms with van der Waals surface area (Å²) in [6.07, 6.45) is 5.68. The molecule has 1 fully saturated rings. The average Bonchev–Trinajstić information content (AvgIpc) is 2.97. The van der Waals surface area contributed by atoms with Crippen LogP contribution in [0.3, 0.4) is 0 Å². The predicted molar refractivity (Wildman–Crippen MR) is 76.8 cm³/mol. The Bertz CT molecular complexity index is 590. The van der Waals surface area contributed by atoms with Gasteiger partial charge in [-0.05, 0) is 32.6 Å². The fraction of sp³-hybridized carbons (Fsp3) is 0.667. The standard InChI is InChI=1S/C15H21N3O3/c1-2-21-15(6-3-4-7-15)14(20)18-8-5-12-11(9-18)13(19)17-10-16-12/h10H,2-9H2,1H3,(H,16,17,19). The lowest BCUT2D eigenvalue weighted by molar-refractivity contribution is -0.158. The topological polar surface area (TPSA) is 75.3 Å². The third kappa shape index (κ3) is 2.48. The maximum atomic E-state index is 12.9. The summed E-state index contributed by atoms with van der Waals surface area (Å²) >= 11 is 0. The van der Waals surface area contributed by atoms with Gasteiger partial charge >= 0.3 is 0 Å². The molecular formula is C15H21N3O3. The van der Waals surface area contributed by atoms with Gasteiger partial charge in [-0.25, -0.2) is 4.98 Å². The van der Waals surface area contributed by atoms with Gasteiger partial charge < -0.3 is 14.6 Å². The monoisotopic (exact) mass is 291 g/mol. The molecule has 1 amide bonds. The zero-order valence-corrected chi connectivity index (χ0v) is 12.4. The Labute approximate surface area is 123 Å². The molecule has 0 bridgehead atoms. The molecule has 1 aromatic rings. The van der Waals surface area contributed by atoms with Crippen molar-refractivity contribution in [3.8, 4) is 0 Å². The molecule has 6 nitrogen and oxygen atoms in total. The van der Waals surface area contributed by atoms with E-state index >= 15 is 0 Å². The van der Waals surface area contributed by atoms with Gasteiger partial charge in [0.1, 0.15) is 5.60 Å². The largest absolute Gasteiger partial charge is 0.365 e. The number of hydrogen-bond acceptors (Lipinski definition) is 4. The van der Waals surface area contributed by atoms with Crippen LogP contribution in [0.25, 0.3) is 0 Å². The first-order valence-electron chi connectivity index (χ1n) is 7.65. The van der Waals surface area contributed by atoms with Crippen molar-refractivity contribution >= 4 is 5.91 Å². The van der Waals surface area contributed by atoms with Crippen LogP contribution in [0.2, 0.25) is 0 Å². The lowest BCUT2D eigenvalue weighted by Crippen LogP contribution is -2.51. The fourth-order valence-electron chi connectivity index (χ4n) is 3.46. The highest BCUT2D eigenvalue weighted by Crippen LogP contribution is 2.35. The van der Waals surface area contributed by atoms with Crippen LogP contribution < -0.4 is 5.56 Å². The van der Waals surface area contributed by atoms with Crippen molar-refractivity contribution < 1.29 is 9.53 Å². The van der Waals surface area contributed by atoms with Crippen molar-refractivity contribution in [1.82, 2.24) is 14.9 Å². The molecular weight excluding hydrogens is 270 g/mol. The molecule has 0 atom stereocenters. The van der Waals surface area contributed by atoms with Crippen LogP contribution in [0, 0.1) is 0 Å². The number of H-pyrrole nitrogens is 1. The Morgan fingerprint density at radius 2 is 2.24 bits per heavy atom. The smallest absolute Gasteiger partial charge is 0.255 e. The summed E-state index contributed by atoms with van der Waals surface area (Å²) in [7, 11) is 0. The number of nitrogens with one attached hydrogen (secondary N) is 1. The molecule has 0 saturated heterocycles. The van der Waals surface area contributed by atoms with E-state index in [0.717, 1.165) is 31.4 Å². The molecule has 1 aromatic heterocycles. The van der Waals surface area contributed by atoms with Gasteiger partial charge in [-0.3, -0.25) is 9.59 Å². The lowest BCUT2D eigenvalue weighted by atomic mass is 9.97. The number of rotatable bonds is 3. The van der Waals surface area contributed by atoms with Crippen LogP contribution in [0.5, 0.6) is 0 Å². The molecule has 1 aliphatic heterocycles. The van der Waals surface area contributed by atoms with Gasteiger partial charge in [0.25, 0.3) is 11.5 Å². The molecule has 1 aliphatic carbocycles. The van der Waals surface area contributed by atoms with Crippen molar-refractivity contribution in [1.29, 1.82) is 0 Å². The molecule has 1 N–H and O–H groups in total. The summed E-state index contributed by atoms with van der Waals surface area (Å²) in [5.41, 5.74) is 0.608. The van der Waals surface area contributed by atoms with E-state index in [9.17, 15) is 9.59 Å². The van der Waals surface area contributed by atoms with Crippen molar-refractivity contribution in [2.45, 2.75) is 51.2 Å². The number of aromatic amines is 1. The van der Waals surface area contributed by atoms with Gasteiger partial charge in [0, 0.05) is 19.6 Å². The molecule has 0 aromatic carbocycles. The minimum atomic E-state index is -0.665. The zero-order chi connectivity index (χ0) is 14.9. The minimum absolute atomic E-state index is 0.0377. The second kappa shape index (κ2) is 5.60. The van der Waals surface area contributed by atoms with E-state index in [2.05, 4.69) is 9.97 Å². The Kier molecular flexibility index (Phi) is 3.80. The second-order valence-corrected chi connectivity index (χ2v) is 5.77. The number of carbonyl (C=O) groups excluding carboxylic acids is 1. The van der Waals surface area contributed by atoms with E-state index in [1.165, 1.54) is 6.33 Å². The maximum Gasteiger partial charge on any atom is 0.255 e. The molecule has 114 valence electrons. The number of carbonyl (C=O) groups is 1. The van der Waals surface area contributed by atoms with E-state index in [0.29, 0.717) is 31.7 Å². The fourth-order valence-corrected chi connectivity index (χ4v) is 3.46. The molecule has 21 heavy (non-hydrogen) atoms. The number of ether oxygens (including phenoxy) is 1. The van der Waals surface area contributed by atoms with E-state index in [1.54, 1.807) is 4.90 Å². The Balaban J connectivity index is 1.83. The van der Waals surface area contributed by atoms with Gasteiger partial charge in [0.15, 0.2) is 0 Å². The van der Waals surface area contributed by atoms with Gasteiger partial charge in [0.2, 0.25) is 0 Å². The summed E-state index contributed by atoms with van der Waals surface area (Å²) in [5, 5.41) is 0.